The van der Waals surface area contributed by atoms with Gasteiger partial charge in [0.2, 0.25) is 5.91 Å². The van der Waals surface area contributed by atoms with Crippen molar-refractivity contribution in [2.75, 3.05) is 24.6 Å². The minimum atomic E-state index is -1.03. The van der Waals surface area contributed by atoms with Gasteiger partial charge in [-0.2, -0.15) is 0 Å². The van der Waals surface area contributed by atoms with E-state index in [2.05, 4.69) is 34.5 Å². The van der Waals surface area contributed by atoms with Crippen LogP contribution in [0.5, 0.6) is 5.75 Å². The summed E-state index contributed by atoms with van der Waals surface area (Å²) in [4.78, 5) is 27.4. The van der Waals surface area contributed by atoms with Gasteiger partial charge in [0.15, 0.2) is 0 Å². The van der Waals surface area contributed by atoms with Crippen LogP contribution in [0.2, 0.25) is 0 Å². The lowest BCUT2D eigenvalue weighted by Gasteiger charge is -2.32. The smallest absolute Gasteiger partial charge is 0.339 e. The van der Waals surface area contributed by atoms with Crippen molar-refractivity contribution in [3.8, 4) is 5.75 Å². The molecule has 2 aliphatic rings. The molecule has 1 saturated heterocycles. The van der Waals surface area contributed by atoms with Crippen LogP contribution in [0.3, 0.4) is 0 Å². The Balaban J connectivity index is 1.55. The van der Waals surface area contributed by atoms with Gasteiger partial charge in [-0.05, 0) is 61.4 Å². The van der Waals surface area contributed by atoms with Gasteiger partial charge in [-0.25, -0.2) is 4.79 Å². The largest absolute Gasteiger partial charge is 0.493 e. The summed E-state index contributed by atoms with van der Waals surface area (Å²) in [5.41, 5.74) is 3.35. The third-order valence-corrected chi connectivity index (χ3v) is 7.83. The van der Waals surface area contributed by atoms with E-state index in [0.29, 0.717) is 18.3 Å². The van der Waals surface area contributed by atoms with Crippen LogP contribution < -0.4 is 15.0 Å². The number of para-hydroxylation sites is 1. The predicted molar refractivity (Wildman–Crippen MR) is 147 cm³/mol. The van der Waals surface area contributed by atoms with E-state index >= 15 is 0 Å². The zero-order valence-corrected chi connectivity index (χ0v) is 22.2. The first-order valence-electron chi connectivity index (χ1n) is 14.2. The van der Waals surface area contributed by atoms with Gasteiger partial charge in [0.1, 0.15) is 11.3 Å². The Morgan fingerprint density at radius 1 is 1.00 bits per heavy atom. The number of ether oxygens (including phenoxy) is 1. The highest BCUT2D eigenvalue weighted by atomic mass is 16.5. The average molecular weight is 507 g/mol. The molecule has 2 fully saturated rings. The Morgan fingerprint density at radius 3 is 2.41 bits per heavy atom. The Labute approximate surface area is 221 Å². The molecule has 2 N–H and O–H groups in total. The number of benzene rings is 2. The highest BCUT2D eigenvalue weighted by Gasteiger charge is 2.26. The lowest BCUT2D eigenvalue weighted by molar-refractivity contribution is -0.121. The van der Waals surface area contributed by atoms with Gasteiger partial charge in [0, 0.05) is 18.8 Å². The van der Waals surface area contributed by atoms with Crippen LogP contribution in [0.15, 0.2) is 42.5 Å². The van der Waals surface area contributed by atoms with Gasteiger partial charge in [-0.15, -0.1) is 0 Å². The summed E-state index contributed by atoms with van der Waals surface area (Å²) in [7, 11) is 0. The summed E-state index contributed by atoms with van der Waals surface area (Å²) < 4.78 is 5.55. The number of rotatable bonds is 10. The average Bonchev–Trinajstić information content (AvgIpc) is 3.19. The monoisotopic (exact) mass is 506 g/mol. The molecule has 6 nitrogen and oxygen atoms in total. The normalized spacial score (nSPS) is 17.6. The molecular weight excluding hydrogens is 464 g/mol. The SMILES string of the molecule is CCOc1cc(CC(=O)NC(CC2CCCCC2)c2ccccc2N2CCCCCC2)ccc1C(=O)O. The standard InChI is InChI=1S/C31H42N2O4/c1-2-37-29-21-24(16-17-26(29)31(35)36)22-30(34)32-27(20-23-12-6-5-7-13-23)25-14-8-9-15-28(25)33-18-10-3-4-11-19-33/h8-9,14-17,21,23,27H,2-7,10-13,18-20,22H2,1H3,(H,32,34)(H,35,36). The van der Waals surface area contributed by atoms with Gasteiger partial charge >= 0.3 is 5.97 Å². The molecule has 6 heteroatoms. The maximum Gasteiger partial charge on any atom is 0.339 e. The number of carbonyl (C=O) groups excluding carboxylic acids is 1. The summed E-state index contributed by atoms with van der Waals surface area (Å²) in [5.74, 6) is -0.143. The molecule has 2 aromatic rings. The molecule has 1 atom stereocenters. The number of aromatic carboxylic acids is 1. The second-order valence-electron chi connectivity index (χ2n) is 10.6. The number of hydrogen-bond donors (Lipinski definition) is 2. The lowest BCUT2D eigenvalue weighted by atomic mass is 9.83. The molecule has 0 radical (unpaired) electrons. The summed E-state index contributed by atoms with van der Waals surface area (Å²) >= 11 is 0. The van der Waals surface area contributed by atoms with E-state index in [1.165, 1.54) is 75.1 Å². The molecule has 1 heterocycles. The van der Waals surface area contributed by atoms with E-state index in [1.807, 2.05) is 6.92 Å². The van der Waals surface area contributed by atoms with Crippen molar-refractivity contribution >= 4 is 17.6 Å². The molecule has 1 amide bonds. The molecule has 4 rings (SSSR count). The maximum atomic E-state index is 13.4. The van der Waals surface area contributed by atoms with Crippen molar-refractivity contribution in [2.24, 2.45) is 5.92 Å². The van der Waals surface area contributed by atoms with Gasteiger partial charge in [-0.3, -0.25) is 4.79 Å². The second-order valence-corrected chi connectivity index (χ2v) is 10.6. The number of carbonyl (C=O) groups is 2. The Bertz CT molecular complexity index is 1040. The van der Waals surface area contributed by atoms with Crippen LogP contribution in [-0.4, -0.2) is 36.7 Å². The minimum absolute atomic E-state index is 0.0419. The summed E-state index contributed by atoms with van der Waals surface area (Å²) in [6, 6.07) is 13.5. The molecule has 200 valence electrons. The molecule has 37 heavy (non-hydrogen) atoms. The van der Waals surface area contributed by atoms with E-state index in [4.69, 9.17) is 4.74 Å². The van der Waals surface area contributed by atoms with Crippen LogP contribution in [0.25, 0.3) is 0 Å². The van der Waals surface area contributed by atoms with Gasteiger partial charge in [0.25, 0.3) is 0 Å². The van der Waals surface area contributed by atoms with Crippen molar-refractivity contribution in [3.05, 3.63) is 59.2 Å². The van der Waals surface area contributed by atoms with E-state index in [1.54, 1.807) is 12.1 Å². The number of hydrogen-bond acceptors (Lipinski definition) is 4. The van der Waals surface area contributed by atoms with Crippen LogP contribution >= 0.6 is 0 Å². The maximum absolute atomic E-state index is 13.4. The van der Waals surface area contributed by atoms with Crippen molar-refractivity contribution in [1.29, 1.82) is 0 Å². The fraction of sp³-hybridized carbons (Fsp3) is 0.548. The molecule has 1 saturated carbocycles. The predicted octanol–water partition coefficient (Wildman–Crippen LogP) is 6.53. The number of carboxylic acid groups (broad SMARTS) is 1. The van der Waals surface area contributed by atoms with E-state index in [-0.39, 0.29) is 23.9 Å². The minimum Gasteiger partial charge on any atom is -0.493 e. The van der Waals surface area contributed by atoms with E-state index < -0.39 is 5.97 Å². The van der Waals surface area contributed by atoms with Crippen LogP contribution in [-0.2, 0) is 11.2 Å². The van der Waals surface area contributed by atoms with Crippen molar-refractivity contribution in [1.82, 2.24) is 5.32 Å². The topological polar surface area (TPSA) is 78.9 Å². The van der Waals surface area contributed by atoms with Gasteiger partial charge in [-0.1, -0.05) is 69.2 Å². The molecule has 0 aromatic heterocycles. The zero-order chi connectivity index (χ0) is 26.0. The molecule has 2 aromatic carbocycles. The quantitative estimate of drug-likeness (QED) is 0.383. The summed E-state index contributed by atoms with van der Waals surface area (Å²) in [5, 5.41) is 12.8. The first-order chi connectivity index (χ1) is 18.0. The number of nitrogens with one attached hydrogen (secondary N) is 1. The lowest BCUT2D eigenvalue weighted by Crippen LogP contribution is -2.33. The number of amides is 1. The van der Waals surface area contributed by atoms with Crippen molar-refractivity contribution < 1.29 is 19.4 Å². The highest BCUT2D eigenvalue weighted by Crippen LogP contribution is 2.36. The molecular formula is C31H42N2O4. The van der Waals surface area contributed by atoms with Crippen LogP contribution in [0, 0.1) is 5.92 Å². The van der Waals surface area contributed by atoms with E-state index in [9.17, 15) is 14.7 Å². The van der Waals surface area contributed by atoms with Crippen molar-refractivity contribution in [2.45, 2.75) is 83.6 Å². The molecule has 1 unspecified atom stereocenters. The fourth-order valence-electron chi connectivity index (χ4n) is 5.96. The van der Waals surface area contributed by atoms with Gasteiger partial charge in [0.05, 0.1) is 19.1 Å². The molecule has 0 spiro atoms. The Morgan fingerprint density at radius 2 is 1.70 bits per heavy atom. The Hall–Kier alpha value is -3.02. The number of nitrogens with zero attached hydrogens (tertiary/aromatic N) is 1. The molecule has 1 aliphatic carbocycles. The first kappa shape index (κ1) is 27.0. The van der Waals surface area contributed by atoms with Crippen LogP contribution in [0.1, 0.15) is 98.7 Å². The highest BCUT2D eigenvalue weighted by molar-refractivity contribution is 5.91. The zero-order valence-electron chi connectivity index (χ0n) is 22.2. The van der Waals surface area contributed by atoms with Crippen LogP contribution in [0.4, 0.5) is 5.69 Å². The molecule has 0 bridgehead atoms. The number of anilines is 1. The second kappa shape index (κ2) is 13.5. The third kappa shape index (κ3) is 7.50. The Kier molecular flexibility index (Phi) is 9.86. The fourth-order valence-corrected chi connectivity index (χ4v) is 5.96. The van der Waals surface area contributed by atoms with Gasteiger partial charge < -0.3 is 20.1 Å². The number of carboxylic acids is 1. The van der Waals surface area contributed by atoms with Crippen molar-refractivity contribution in [3.63, 3.8) is 0 Å². The summed E-state index contributed by atoms with van der Waals surface area (Å²) in [6.07, 6.45) is 12.4. The first-order valence-corrected chi connectivity index (χ1v) is 14.2. The summed E-state index contributed by atoms with van der Waals surface area (Å²) in [6.45, 7) is 4.32. The van der Waals surface area contributed by atoms with E-state index in [0.717, 1.165) is 25.1 Å². The third-order valence-electron chi connectivity index (χ3n) is 7.83. The molecule has 1 aliphatic heterocycles.